The molecule has 0 spiro atoms. The summed E-state index contributed by atoms with van der Waals surface area (Å²) in [6, 6.07) is 0.259. The van der Waals surface area contributed by atoms with Gasteiger partial charge in [0.25, 0.3) is 0 Å². The van der Waals surface area contributed by atoms with Crippen LogP contribution in [0.1, 0.15) is 61.9 Å². The number of hydrogen-bond donors (Lipinski definition) is 2. The van der Waals surface area contributed by atoms with Crippen molar-refractivity contribution in [3.05, 3.63) is 28.6 Å². The fourth-order valence-electron chi connectivity index (χ4n) is 3.22. The molecular weight excluding hydrogens is 304 g/mol. The van der Waals surface area contributed by atoms with Crippen LogP contribution in [-0.2, 0) is 23.7 Å². The maximum absolute atomic E-state index is 6.01. The molecule has 0 unspecified atom stereocenters. The van der Waals surface area contributed by atoms with Crippen LogP contribution >= 0.6 is 0 Å². The predicted molar refractivity (Wildman–Crippen MR) is 91.7 cm³/mol. The lowest BCUT2D eigenvalue weighted by Crippen LogP contribution is -2.32. The first kappa shape index (κ1) is 17.1. The van der Waals surface area contributed by atoms with Gasteiger partial charge in [-0.15, -0.1) is 0 Å². The Kier molecular flexibility index (Phi) is 4.48. The van der Waals surface area contributed by atoms with Gasteiger partial charge in [-0.3, -0.25) is 9.78 Å². The molecule has 0 radical (unpaired) electrons. The molecule has 1 fully saturated rings. The molecule has 7 heteroatoms. The van der Waals surface area contributed by atoms with Crippen LogP contribution in [0.3, 0.4) is 0 Å². The van der Waals surface area contributed by atoms with Crippen molar-refractivity contribution in [2.45, 2.75) is 65.1 Å². The molecule has 2 aromatic heterocycles. The van der Waals surface area contributed by atoms with Gasteiger partial charge in [0.2, 0.25) is 0 Å². The summed E-state index contributed by atoms with van der Waals surface area (Å²) in [5, 5.41) is 15.5. The Morgan fingerprint density at radius 2 is 2.08 bits per heavy atom. The first-order valence-corrected chi connectivity index (χ1v) is 8.54. The van der Waals surface area contributed by atoms with Crippen molar-refractivity contribution in [2.75, 3.05) is 6.61 Å². The van der Waals surface area contributed by atoms with Gasteiger partial charge in [0.05, 0.1) is 12.2 Å². The zero-order valence-corrected chi connectivity index (χ0v) is 15.5. The van der Waals surface area contributed by atoms with E-state index >= 15 is 0 Å². The summed E-state index contributed by atoms with van der Waals surface area (Å²) in [4.78, 5) is 4.59. The average Bonchev–Trinajstić information content (AvgIpc) is 3.17. The lowest BCUT2D eigenvalue weighted by molar-refractivity contribution is 0.0973. The Bertz CT molecular complexity index is 711. The van der Waals surface area contributed by atoms with Crippen molar-refractivity contribution in [1.82, 2.24) is 30.3 Å². The second-order valence-electron chi connectivity index (χ2n) is 7.63. The number of aromatic amines is 1. The van der Waals surface area contributed by atoms with Crippen molar-refractivity contribution < 1.29 is 4.74 Å². The molecule has 0 aromatic carbocycles. The molecule has 1 saturated heterocycles. The Balaban J connectivity index is 1.69. The van der Waals surface area contributed by atoms with Gasteiger partial charge in [-0.25, -0.2) is 4.98 Å². The molecule has 0 saturated carbocycles. The third-order valence-corrected chi connectivity index (χ3v) is 4.68. The summed E-state index contributed by atoms with van der Waals surface area (Å²) in [6.07, 6.45) is 1.03. The van der Waals surface area contributed by atoms with E-state index in [4.69, 9.17) is 4.74 Å². The van der Waals surface area contributed by atoms with Crippen molar-refractivity contribution in [3.8, 4) is 0 Å². The molecule has 2 atom stereocenters. The SMILES string of the molecule is Cc1nn(C)c(C)c1[C@@H]1OCC[C@H]1NCc1nc(C(C)(C)C)n[nH]1. The quantitative estimate of drug-likeness (QED) is 0.896. The van der Waals surface area contributed by atoms with Gasteiger partial charge in [0.15, 0.2) is 5.82 Å². The molecule has 2 N–H and O–H groups in total. The second-order valence-corrected chi connectivity index (χ2v) is 7.63. The molecule has 7 nitrogen and oxygen atoms in total. The predicted octanol–water partition coefficient (Wildman–Crippen LogP) is 2.07. The summed E-state index contributed by atoms with van der Waals surface area (Å²) in [7, 11) is 1.98. The van der Waals surface area contributed by atoms with Crippen molar-refractivity contribution in [1.29, 1.82) is 0 Å². The second kappa shape index (κ2) is 6.29. The topological polar surface area (TPSA) is 80.7 Å². The minimum absolute atomic E-state index is 0.0440. The Hall–Kier alpha value is -1.73. The number of aromatic nitrogens is 5. The monoisotopic (exact) mass is 332 g/mol. The van der Waals surface area contributed by atoms with E-state index in [0.29, 0.717) is 6.54 Å². The van der Waals surface area contributed by atoms with E-state index in [2.05, 4.69) is 53.3 Å². The summed E-state index contributed by atoms with van der Waals surface area (Å²) >= 11 is 0. The number of nitrogens with zero attached hydrogens (tertiary/aromatic N) is 4. The average molecular weight is 332 g/mol. The normalized spacial score (nSPS) is 21.6. The van der Waals surface area contributed by atoms with Crippen LogP contribution in [0.25, 0.3) is 0 Å². The van der Waals surface area contributed by atoms with Gasteiger partial charge < -0.3 is 10.1 Å². The molecule has 1 aliphatic rings. The first-order chi connectivity index (χ1) is 11.3. The first-order valence-electron chi connectivity index (χ1n) is 8.54. The van der Waals surface area contributed by atoms with E-state index in [-0.39, 0.29) is 17.6 Å². The summed E-state index contributed by atoms with van der Waals surface area (Å²) in [5.74, 6) is 1.71. The minimum atomic E-state index is -0.0440. The molecule has 0 aliphatic carbocycles. The number of nitrogens with one attached hydrogen (secondary N) is 2. The van der Waals surface area contributed by atoms with Gasteiger partial charge >= 0.3 is 0 Å². The zero-order chi connectivity index (χ0) is 17.5. The van der Waals surface area contributed by atoms with E-state index < -0.39 is 0 Å². The van der Waals surface area contributed by atoms with Crippen LogP contribution in [0, 0.1) is 13.8 Å². The summed E-state index contributed by atoms with van der Waals surface area (Å²) in [6.45, 7) is 11.9. The van der Waals surface area contributed by atoms with Crippen molar-refractivity contribution in [3.63, 3.8) is 0 Å². The molecule has 24 heavy (non-hydrogen) atoms. The highest BCUT2D eigenvalue weighted by Gasteiger charge is 2.33. The van der Waals surface area contributed by atoms with Crippen LogP contribution < -0.4 is 5.32 Å². The van der Waals surface area contributed by atoms with Gasteiger partial charge in [-0.05, 0) is 20.3 Å². The fraction of sp³-hybridized carbons (Fsp3) is 0.706. The maximum atomic E-state index is 6.01. The lowest BCUT2D eigenvalue weighted by atomic mass is 9.96. The van der Waals surface area contributed by atoms with Gasteiger partial charge in [0, 0.05) is 36.4 Å². The van der Waals surface area contributed by atoms with Crippen molar-refractivity contribution >= 4 is 0 Å². The highest BCUT2D eigenvalue weighted by molar-refractivity contribution is 5.29. The van der Waals surface area contributed by atoms with Crippen LogP contribution in [0.15, 0.2) is 0 Å². The Morgan fingerprint density at radius 3 is 2.67 bits per heavy atom. The molecule has 0 amide bonds. The zero-order valence-electron chi connectivity index (χ0n) is 15.5. The van der Waals surface area contributed by atoms with Crippen LogP contribution in [0.5, 0.6) is 0 Å². The van der Waals surface area contributed by atoms with Gasteiger partial charge in [0.1, 0.15) is 11.9 Å². The molecule has 2 aromatic rings. The molecule has 3 heterocycles. The van der Waals surface area contributed by atoms with E-state index in [1.807, 2.05) is 18.7 Å². The Labute approximate surface area is 143 Å². The molecule has 3 rings (SSSR count). The highest BCUT2D eigenvalue weighted by Crippen LogP contribution is 2.33. The molecular formula is C17H28N6O. The smallest absolute Gasteiger partial charge is 0.156 e. The number of ether oxygens (including phenoxy) is 1. The van der Waals surface area contributed by atoms with E-state index in [1.165, 1.54) is 11.3 Å². The number of H-pyrrole nitrogens is 1. The standard InChI is InChI=1S/C17H28N6O/c1-10-14(11(2)23(6)22-10)15-12(7-8-24-15)18-9-13-19-16(21-20-13)17(3,4)5/h12,15,18H,7-9H2,1-6H3,(H,19,20,21)/t12-,15-/m1/s1. The van der Waals surface area contributed by atoms with Crippen LogP contribution in [0.2, 0.25) is 0 Å². The number of rotatable bonds is 4. The lowest BCUT2D eigenvalue weighted by Gasteiger charge is -2.20. The third-order valence-electron chi connectivity index (χ3n) is 4.68. The number of aryl methyl sites for hydroxylation is 2. The van der Waals surface area contributed by atoms with E-state index in [9.17, 15) is 0 Å². The van der Waals surface area contributed by atoms with E-state index in [0.717, 1.165) is 30.4 Å². The van der Waals surface area contributed by atoms with Gasteiger partial charge in [-0.2, -0.15) is 10.2 Å². The molecule has 132 valence electrons. The maximum Gasteiger partial charge on any atom is 0.156 e. The number of hydrogen-bond acceptors (Lipinski definition) is 5. The van der Waals surface area contributed by atoms with Gasteiger partial charge in [-0.1, -0.05) is 20.8 Å². The van der Waals surface area contributed by atoms with Crippen LogP contribution in [-0.4, -0.2) is 37.6 Å². The third kappa shape index (κ3) is 3.23. The highest BCUT2D eigenvalue weighted by atomic mass is 16.5. The molecule has 1 aliphatic heterocycles. The van der Waals surface area contributed by atoms with Crippen LogP contribution in [0.4, 0.5) is 0 Å². The van der Waals surface area contributed by atoms with Crippen molar-refractivity contribution in [2.24, 2.45) is 7.05 Å². The fourth-order valence-corrected chi connectivity index (χ4v) is 3.22. The Morgan fingerprint density at radius 1 is 1.33 bits per heavy atom. The molecule has 0 bridgehead atoms. The summed E-state index contributed by atoms with van der Waals surface area (Å²) in [5.41, 5.74) is 3.38. The largest absolute Gasteiger partial charge is 0.372 e. The summed E-state index contributed by atoms with van der Waals surface area (Å²) < 4.78 is 7.94. The van der Waals surface area contributed by atoms with E-state index in [1.54, 1.807) is 0 Å². The minimum Gasteiger partial charge on any atom is -0.372 e.